The fourth-order valence-electron chi connectivity index (χ4n) is 1.20. The zero-order valence-electron chi connectivity index (χ0n) is 7.42. The van der Waals surface area contributed by atoms with Crippen molar-refractivity contribution in [3.05, 3.63) is 41.7 Å². The molecule has 0 fully saturated rings. The first-order chi connectivity index (χ1) is 6.75. The number of rotatable bonds is 2. The molecule has 0 unspecified atom stereocenters. The van der Waals surface area contributed by atoms with Crippen molar-refractivity contribution in [1.82, 2.24) is 4.98 Å². The van der Waals surface area contributed by atoms with Gasteiger partial charge in [-0.3, -0.25) is 0 Å². The lowest BCUT2D eigenvalue weighted by atomic mass is 10.2. The van der Waals surface area contributed by atoms with Gasteiger partial charge in [0.05, 0.1) is 17.1 Å². The number of nitrogens with two attached hydrogens (primary N) is 1. The zero-order valence-corrected chi connectivity index (χ0v) is 8.18. The summed E-state index contributed by atoms with van der Waals surface area (Å²) < 4.78 is 0. The average molecular weight is 208 g/mol. The molecule has 3 nitrogen and oxygen atoms in total. The van der Waals surface area contributed by atoms with Crippen molar-refractivity contribution in [2.24, 2.45) is 0 Å². The molecule has 1 aromatic heterocycles. The van der Waals surface area contributed by atoms with Crippen LogP contribution in [0.4, 0.5) is 17.1 Å². The fourth-order valence-corrected chi connectivity index (χ4v) is 1.39. The third-order valence-electron chi connectivity index (χ3n) is 1.89. The molecule has 4 N–H and O–H groups in total. The molecule has 0 amide bonds. The number of benzene rings is 1. The lowest BCUT2D eigenvalue weighted by Gasteiger charge is -2.07. The topological polar surface area (TPSA) is 53.8 Å². The van der Waals surface area contributed by atoms with Crippen LogP contribution in [0.15, 0.2) is 36.7 Å². The zero-order chi connectivity index (χ0) is 9.97. The molecule has 72 valence electrons. The number of nitrogen functional groups attached to an aromatic ring is 1. The van der Waals surface area contributed by atoms with E-state index in [1.807, 2.05) is 24.5 Å². The van der Waals surface area contributed by atoms with Crippen molar-refractivity contribution < 1.29 is 0 Å². The Morgan fingerprint density at radius 3 is 2.79 bits per heavy atom. The van der Waals surface area contributed by atoms with E-state index in [0.29, 0.717) is 10.7 Å². The van der Waals surface area contributed by atoms with Crippen LogP contribution in [-0.4, -0.2) is 4.98 Å². The monoisotopic (exact) mass is 207 g/mol. The number of halogens is 1. The van der Waals surface area contributed by atoms with Crippen LogP contribution in [0.3, 0.4) is 0 Å². The number of H-pyrrole nitrogens is 1. The first-order valence-corrected chi connectivity index (χ1v) is 4.58. The molecule has 1 aromatic carbocycles. The molecule has 0 bridgehead atoms. The van der Waals surface area contributed by atoms with Gasteiger partial charge >= 0.3 is 0 Å². The molecule has 0 atom stereocenters. The number of anilines is 3. The van der Waals surface area contributed by atoms with Gasteiger partial charge in [0, 0.05) is 17.4 Å². The van der Waals surface area contributed by atoms with E-state index >= 15 is 0 Å². The largest absolute Gasteiger partial charge is 0.397 e. The maximum absolute atomic E-state index is 5.78. The van der Waals surface area contributed by atoms with Crippen molar-refractivity contribution in [2.45, 2.75) is 0 Å². The molecule has 4 heteroatoms. The summed E-state index contributed by atoms with van der Waals surface area (Å²) >= 11 is 5.78. The van der Waals surface area contributed by atoms with Crippen molar-refractivity contribution in [3.63, 3.8) is 0 Å². The molecule has 2 aromatic rings. The Morgan fingerprint density at radius 1 is 1.29 bits per heavy atom. The predicted molar refractivity (Wildman–Crippen MR) is 59.9 cm³/mol. The molecule has 0 aliphatic heterocycles. The van der Waals surface area contributed by atoms with Crippen molar-refractivity contribution in [1.29, 1.82) is 0 Å². The molecule has 2 rings (SSSR count). The van der Waals surface area contributed by atoms with Crippen LogP contribution in [0.25, 0.3) is 0 Å². The Balaban J connectivity index is 2.25. The second-order valence-corrected chi connectivity index (χ2v) is 3.39. The number of hydrogen-bond donors (Lipinski definition) is 3. The molecule has 0 aliphatic rings. The molecular formula is C10H10ClN3. The standard InChI is InChI=1S/C10H10ClN3/c11-7-1-2-10(9(12)5-7)14-8-3-4-13-6-8/h1-6,13-14H,12H2. The predicted octanol–water partition coefficient (Wildman–Crippen LogP) is 2.99. The van der Waals surface area contributed by atoms with E-state index in [4.69, 9.17) is 17.3 Å². The summed E-state index contributed by atoms with van der Waals surface area (Å²) in [5, 5.41) is 3.81. The second-order valence-electron chi connectivity index (χ2n) is 2.96. The molecule has 0 radical (unpaired) electrons. The highest BCUT2D eigenvalue weighted by Crippen LogP contribution is 2.25. The van der Waals surface area contributed by atoms with Gasteiger partial charge in [-0.25, -0.2) is 0 Å². The average Bonchev–Trinajstić information content (AvgIpc) is 2.62. The SMILES string of the molecule is Nc1cc(Cl)ccc1Nc1cc[nH]c1. The van der Waals surface area contributed by atoms with Gasteiger partial charge in [0.1, 0.15) is 0 Å². The molecule has 0 spiro atoms. The highest BCUT2D eigenvalue weighted by Gasteiger charge is 2.00. The van der Waals surface area contributed by atoms with Gasteiger partial charge < -0.3 is 16.0 Å². The van der Waals surface area contributed by atoms with Crippen molar-refractivity contribution >= 4 is 28.7 Å². The molecule has 0 saturated carbocycles. The van der Waals surface area contributed by atoms with Crippen LogP contribution < -0.4 is 11.1 Å². The van der Waals surface area contributed by atoms with E-state index in [1.54, 1.807) is 12.1 Å². The lowest BCUT2D eigenvalue weighted by Crippen LogP contribution is -1.94. The summed E-state index contributed by atoms with van der Waals surface area (Å²) in [5.41, 5.74) is 8.25. The van der Waals surface area contributed by atoms with E-state index in [9.17, 15) is 0 Å². The van der Waals surface area contributed by atoms with Gasteiger partial charge in [0.25, 0.3) is 0 Å². The number of aromatic nitrogens is 1. The number of nitrogens with one attached hydrogen (secondary N) is 2. The first kappa shape index (κ1) is 8.97. The van der Waals surface area contributed by atoms with Gasteiger partial charge in [-0.2, -0.15) is 0 Å². The Labute approximate surface area is 86.9 Å². The van der Waals surface area contributed by atoms with Crippen molar-refractivity contribution in [2.75, 3.05) is 11.1 Å². The second kappa shape index (κ2) is 3.64. The normalized spacial score (nSPS) is 10.1. The molecule has 1 heterocycles. The van der Waals surface area contributed by atoms with Crippen molar-refractivity contribution in [3.8, 4) is 0 Å². The summed E-state index contributed by atoms with van der Waals surface area (Å²) in [6.07, 6.45) is 3.70. The van der Waals surface area contributed by atoms with E-state index in [1.165, 1.54) is 0 Å². The van der Waals surface area contributed by atoms with Crippen LogP contribution in [0, 0.1) is 0 Å². The van der Waals surface area contributed by atoms with Gasteiger partial charge in [0.15, 0.2) is 0 Å². The van der Waals surface area contributed by atoms with Crippen LogP contribution in [0.5, 0.6) is 0 Å². The maximum Gasteiger partial charge on any atom is 0.0619 e. The van der Waals surface area contributed by atoms with E-state index < -0.39 is 0 Å². The Hall–Kier alpha value is -1.61. The summed E-state index contributed by atoms with van der Waals surface area (Å²) in [6.45, 7) is 0. The van der Waals surface area contributed by atoms with Gasteiger partial charge in [-0.1, -0.05) is 11.6 Å². The third kappa shape index (κ3) is 1.83. The number of hydrogen-bond acceptors (Lipinski definition) is 2. The summed E-state index contributed by atoms with van der Waals surface area (Å²) in [4.78, 5) is 2.95. The van der Waals surface area contributed by atoms with Crippen LogP contribution >= 0.6 is 11.6 Å². The van der Waals surface area contributed by atoms with Gasteiger partial charge in [-0.15, -0.1) is 0 Å². The van der Waals surface area contributed by atoms with Gasteiger partial charge in [-0.05, 0) is 24.3 Å². The van der Waals surface area contributed by atoms with Crippen LogP contribution in [-0.2, 0) is 0 Å². The summed E-state index contributed by atoms with van der Waals surface area (Å²) in [7, 11) is 0. The highest BCUT2D eigenvalue weighted by atomic mass is 35.5. The van der Waals surface area contributed by atoms with Crippen LogP contribution in [0.1, 0.15) is 0 Å². The molecule has 0 saturated heterocycles. The molecular weight excluding hydrogens is 198 g/mol. The van der Waals surface area contributed by atoms with Crippen LogP contribution in [0.2, 0.25) is 5.02 Å². The Kier molecular flexibility index (Phi) is 2.33. The third-order valence-corrected chi connectivity index (χ3v) is 2.13. The summed E-state index contributed by atoms with van der Waals surface area (Å²) in [6, 6.07) is 7.29. The maximum atomic E-state index is 5.78. The molecule has 14 heavy (non-hydrogen) atoms. The minimum absolute atomic E-state index is 0.638. The van der Waals surface area contributed by atoms with E-state index in [0.717, 1.165) is 11.4 Å². The molecule has 0 aliphatic carbocycles. The Morgan fingerprint density at radius 2 is 2.14 bits per heavy atom. The minimum atomic E-state index is 0.638. The quantitative estimate of drug-likeness (QED) is 0.664. The van der Waals surface area contributed by atoms with Gasteiger partial charge in [0.2, 0.25) is 0 Å². The lowest BCUT2D eigenvalue weighted by molar-refractivity contribution is 1.41. The minimum Gasteiger partial charge on any atom is -0.397 e. The fraction of sp³-hybridized carbons (Fsp3) is 0. The van der Waals surface area contributed by atoms with E-state index in [-0.39, 0.29) is 0 Å². The van der Waals surface area contributed by atoms with E-state index in [2.05, 4.69) is 10.3 Å². The summed E-state index contributed by atoms with van der Waals surface area (Å²) in [5.74, 6) is 0. The smallest absolute Gasteiger partial charge is 0.0619 e. The number of aromatic amines is 1. The highest BCUT2D eigenvalue weighted by molar-refractivity contribution is 6.31. The Bertz CT molecular complexity index is 423. The first-order valence-electron chi connectivity index (χ1n) is 4.20.